The monoisotopic (exact) mass is 298 g/mol. The summed E-state index contributed by atoms with van der Waals surface area (Å²) in [6, 6.07) is 7.99. The summed E-state index contributed by atoms with van der Waals surface area (Å²) < 4.78 is 1.66. The molecule has 0 saturated carbocycles. The number of amides is 1. The predicted octanol–water partition coefficient (Wildman–Crippen LogP) is 2.69. The Morgan fingerprint density at radius 1 is 1.14 bits per heavy atom. The van der Waals surface area contributed by atoms with Gasteiger partial charge in [0.15, 0.2) is 5.69 Å². The smallest absolute Gasteiger partial charge is 0.276 e. The number of rotatable bonds is 2. The topological polar surface area (TPSA) is 51.0 Å². The van der Waals surface area contributed by atoms with Crippen molar-refractivity contribution >= 4 is 5.91 Å². The summed E-state index contributed by atoms with van der Waals surface area (Å²) in [5.74, 6) is 1.07. The first kappa shape index (κ1) is 14.8. The average molecular weight is 298 g/mol. The number of benzene rings is 1. The SMILES string of the molecule is Cc1ccc(-n2cc(C(=O)N3CC(C)CC(C)C3)nn2)cc1. The molecule has 5 nitrogen and oxygen atoms in total. The number of nitrogens with zero attached hydrogens (tertiary/aromatic N) is 4. The van der Waals surface area contributed by atoms with Crippen molar-refractivity contribution in [2.24, 2.45) is 11.8 Å². The van der Waals surface area contributed by atoms with Gasteiger partial charge in [0.25, 0.3) is 5.91 Å². The van der Waals surface area contributed by atoms with Crippen LogP contribution < -0.4 is 0 Å². The molecule has 2 atom stereocenters. The van der Waals surface area contributed by atoms with E-state index in [0.717, 1.165) is 18.8 Å². The van der Waals surface area contributed by atoms with Crippen LogP contribution in [0, 0.1) is 18.8 Å². The second kappa shape index (κ2) is 5.91. The molecule has 1 aromatic heterocycles. The number of hydrogen-bond donors (Lipinski definition) is 0. The van der Waals surface area contributed by atoms with Crippen molar-refractivity contribution in [3.8, 4) is 5.69 Å². The molecule has 116 valence electrons. The molecular weight excluding hydrogens is 276 g/mol. The van der Waals surface area contributed by atoms with Gasteiger partial charge in [0, 0.05) is 13.1 Å². The van der Waals surface area contributed by atoms with Gasteiger partial charge in [-0.1, -0.05) is 36.8 Å². The summed E-state index contributed by atoms with van der Waals surface area (Å²) >= 11 is 0. The van der Waals surface area contributed by atoms with Crippen LogP contribution in [0.2, 0.25) is 0 Å². The third kappa shape index (κ3) is 3.03. The second-order valence-electron chi connectivity index (χ2n) is 6.54. The average Bonchev–Trinajstić information content (AvgIpc) is 2.96. The molecule has 22 heavy (non-hydrogen) atoms. The predicted molar refractivity (Wildman–Crippen MR) is 84.9 cm³/mol. The minimum atomic E-state index is -0.0169. The molecule has 1 aliphatic rings. The van der Waals surface area contributed by atoms with Gasteiger partial charge in [-0.3, -0.25) is 4.79 Å². The lowest BCUT2D eigenvalue weighted by Crippen LogP contribution is -2.42. The van der Waals surface area contributed by atoms with Gasteiger partial charge < -0.3 is 4.90 Å². The summed E-state index contributed by atoms with van der Waals surface area (Å²) in [6.07, 6.45) is 2.90. The molecule has 5 heteroatoms. The number of hydrogen-bond acceptors (Lipinski definition) is 3. The van der Waals surface area contributed by atoms with Crippen molar-refractivity contribution in [2.75, 3.05) is 13.1 Å². The largest absolute Gasteiger partial charge is 0.337 e. The maximum Gasteiger partial charge on any atom is 0.276 e. The molecule has 0 aliphatic carbocycles. The van der Waals surface area contributed by atoms with Gasteiger partial charge in [0.2, 0.25) is 0 Å². The van der Waals surface area contributed by atoms with E-state index in [4.69, 9.17) is 0 Å². The van der Waals surface area contributed by atoms with Gasteiger partial charge in [-0.05, 0) is 37.3 Å². The Morgan fingerprint density at radius 3 is 2.41 bits per heavy atom. The first-order chi connectivity index (χ1) is 10.5. The summed E-state index contributed by atoms with van der Waals surface area (Å²) in [5.41, 5.74) is 2.52. The third-order valence-electron chi connectivity index (χ3n) is 4.17. The zero-order chi connectivity index (χ0) is 15.7. The van der Waals surface area contributed by atoms with Gasteiger partial charge in [0.1, 0.15) is 0 Å². The molecular formula is C17H22N4O. The molecule has 2 aromatic rings. The molecule has 1 aliphatic heterocycles. The molecule has 0 N–H and O–H groups in total. The minimum absolute atomic E-state index is 0.0169. The number of aryl methyl sites for hydroxylation is 1. The van der Waals surface area contributed by atoms with Crippen molar-refractivity contribution in [1.29, 1.82) is 0 Å². The number of carbonyl (C=O) groups excluding carboxylic acids is 1. The quantitative estimate of drug-likeness (QED) is 0.856. The van der Waals surface area contributed by atoms with E-state index in [-0.39, 0.29) is 5.91 Å². The summed E-state index contributed by atoms with van der Waals surface area (Å²) in [7, 11) is 0. The fraction of sp³-hybridized carbons (Fsp3) is 0.471. The molecule has 2 heterocycles. The first-order valence-corrected chi connectivity index (χ1v) is 7.81. The molecule has 2 unspecified atom stereocenters. The Morgan fingerprint density at radius 2 is 1.77 bits per heavy atom. The van der Waals surface area contributed by atoms with Crippen LogP contribution in [0.25, 0.3) is 5.69 Å². The van der Waals surface area contributed by atoms with E-state index in [9.17, 15) is 4.79 Å². The van der Waals surface area contributed by atoms with E-state index in [0.29, 0.717) is 17.5 Å². The highest BCUT2D eigenvalue weighted by atomic mass is 16.2. The van der Waals surface area contributed by atoms with Gasteiger partial charge in [0.05, 0.1) is 11.9 Å². The Kier molecular flexibility index (Phi) is 3.96. The summed E-state index contributed by atoms with van der Waals surface area (Å²) in [4.78, 5) is 14.5. The normalized spacial score (nSPS) is 21.9. The van der Waals surface area contributed by atoms with Gasteiger partial charge in [-0.25, -0.2) is 4.68 Å². The van der Waals surface area contributed by atoms with Crippen LogP contribution in [-0.4, -0.2) is 38.9 Å². The maximum atomic E-state index is 12.6. The van der Waals surface area contributed by atoms with Crippen LogP contribution >= 0.6 is 0 Å². The summed E-state index contributed by atoms with van der Waals surface area (Å²) in [6.45, 7) is 8.04. The Bertz CT molecular complexity index is 652. The van der Waals surface area contributed by atoms with E-state index in [2.05, 4.69) is 24.2 Å². The highest BCUT2D eigenvalue weighted by Gasteiger charge is 2.27. The standard InChI is InChI=1S/C17H22N4O/c1-12-4-6-15(7-5-12)21-11-16(18-19-21)17(22)20-9-13(2)8-14(3)10-20/h4-7,11,13-14H,8-10H2,1-3H3. The fourth-order valence-corrected chi connectivity index (χ4v) is 3.18. The fourth-order valence-electron chi connectivity index (χ4n) is 3.18. The van der Waals surface area contributed by atoms with Crippen molar-refractivity contribution in [3.05, 3.63) is 41.7 Å². The highest BCUT2D eigenvalue weighted by Crippen LogP contribution is 2.22. The lowest BCUT2D eigenvalue weighted by atomic mass is 9.92. The van der Waals surface area contributed by atoms with E-state index in [1.807, 2.05) is 36.1 Å². The Labute approximate surface area is 130 Å². The number of likely N-dealkylation sites (tertiary alicyclic amines) is 1. The third-order valence-corrected chi connectivity index (χ3v) is 4.17. The van der Waals surface area contributed by atoms with Gasteiger partial charge >= 0.3 is 0 Å². The van der Waals surface area contributed by atoms with E-state index in [1.54, 1.807) is 10.9 Å². The molecule has 1 amide bonds. The molecule has 0 radical (unpaired) electrons. The number of piperidine rings is 1. The zero-order valence-electron chi connectivity index (χ0n) is 13.4. The number of carbonyl (C=O) groups is 1. The molecule has 3 rings (SSSR count). The van der Waals surface area contributed by atoms with E-state index in [1.165, 1.54) is 12.0 Å². The molecule has 1 saturated heterocycles. The molecule has 0 spiro atoms. The first-order valence-electron chi connectivity index (χ1n) is 7.81. The highest BCUT2D eigenvalue weighted by molar-refractivity contribution is 5.92. The van der Waals surface area contributed by atoms with Crippen molar-refractivity contribution in [2.45, 2.75) is 27.2 Å². The summed E-state index contributed by atoms with van der Waals surface area (Å²) in [5, 5.41) is 8.15. The lowest BCUT2D eigenvalue weighted by Gasteiger charge is -2.34. The van der Waals surface area contributed by atoms with Crippen LogP contribution in [0.3, 0.4) is 0 Å². The Balaban J connectivity index is 1.78. The second-order valence-corrected chi connectivity index (χ2v) is 6.54. The Hall–Kier alpha value is -2.17. The van der Waals surface area contributed by atoms with Gasteiger partial charge in [-0.15, -0.1) is 5.10 Å². The van der Waals surface area contributed by atoms with Crippen LogP contribution in [0.4, 0.5) is 0 Å². The minimum Gasteiger partial charge on any atom is -0.337 e. The maximum absolute atomic E-state index is 12.6. The van der Waals surface area contributed by atoms with Crippen LogP contribution in [0.5, 0.6) is 0 Å². The lowest BCUT2D eigenvalue weighted by molar-refractivity contribution is 0.0617. The molecule has 1 fully saturated rings. The van der Waals surface area contributed by atoms with Crippen LogP contribution in [0.1, 0.15) is 36.3 Å². The zero-order valence-corrected chi connectivity index (χ0v) is 13.4. The molecule has 0 bridgehead atoms. The van der Waals surface area contributed by atoms with Crippen LogP contribution in [-0.2, 0) is 0 Å². The van der Waals surface area contributed by atoms with E-state index < -0.39 is 0 Å². The number of aromatic nitrogens is 3. The van der Waals surface area contributed by atoms with E-state index >= 15 is 0 Å². The van der Waals surface area contributed by atoms with Crippen molar-refractivity contribution in [1.82, 2.24) is 19.9 Å². The van der Waals surface area contributed by atoms with Crippen molar-refractivity contribution in [3.63, 3.8) is 0 Å². The molecule has 1 aromatic carbocycles. The van der Waals surface area contributed by atoms with Crippen LogP contribution in [0.15, 0.2) is 30.5 Å². The van der Waals surface area contributed by atoms with Crippen molar-refractivity contribution < 1.29 is 4.79 Å². The van der Waals surface area contributed by atoms with Gasteiger partial charge in [-0.2, -0.15) is 0 Å².